The normalized spacial score (nSPS) is 27.6. The molecule has 4 atom stereocenters. The van der Waals surface area contributed by atoms with Gasteiger partial charge in [-0.3, -0.25) is 14.5 Å². The van der Waals surface area contributed by atoms with Gasteiger partial charge in [0.25, 0.3) is 0 Å². The fourth-order valence-electron chi connectivity index (χ4n) is 5.49. The van der Waals surface area contributed by atoms with Gasteiger partial charge in [-0.25, -0.2) is 4.39 Å². The van der Waals surface area contributed by atoms with Crippen LogP contribution in [0.3, 0.4) is 0 Å². The van der Waals surface area contributed by atoms with E-state index >= 15 is 0 Å². The Balaban J connectivity index is 1.44. The van der Waals surface area contributed by atoms with Crippen LogP contribution in [0.15, 0.2) is 24.3 Å². The lowest BCUT2D eigenvalue weighted by atomic mass is 9.84. The van der Waals surface area contributed by atoms with Gasteiger partial charge in [-0.1, -0.05) is 12.1 Å². The Labute approximate surface area is 189 Å². The summed E-state index contributed by atoms with van der Waals surface area (Å²) in [6, 6.07) is 6.74. The third-order valence-electron chi connectivity index (χ3n) is 7.05. The minimum absolute atomic E-state index is 0.0469. The fourth-order valence-corrected chi connectivity index (χ4v) is 5.49. The van der Waals surface area contributed by atoms with Crippen LogP contribution in [0.5, 0.6) is 0 Å². The number of fused-ring (bicyclic) bond motifs is 1. The summed E-state index contributed by atoms with van der Waals surface area (Å²) >= 11 is 0. The maximum absolute atomic E-state index is 13.3. The summed E-state index contributed by atoms with van der Waals surface area (Å²) in [5.41, 5.74) is 1.04. The molecule has 0 aliphatic carbocycles. The molecule has 3 saturated heterocycles. The fraction of sp³-hybridized carbons (Fsp3) is 0.667. The van der Waals surface area contributed by atoms with Crippen LogP contribution < -0.4 is 5.32 Å². The number of benzene rings is 1. The van der Waals surface area contributed by atoms with Crippen molar-refractivity contribution in [3.8, 4) is 0 Å². The summed E-state index contributed by atoms with van der Waals surface area (Å²) in [4.78, 5) is 29.7. The second-order valence-electron chi connectivity index (χ2n) is 9.17. The van der Waals surface area contributed by atoms with E-state index in [1.165, 1.54) is 12.1 Å². The maximum Gasteiger partial charge on any atom is 0.222 e. The number of hydrogen-bond donors (Lipinski definition) is 1. The zero-order valence-electron chi connectivity index (χ0n) is 18.8. The number of amides is 2. The number of nitrogens with one attached hydrogen (secondary N) is 1. The number of halogens is 1. The predicted octanol–water partition coefficient (Wildman–Crippen LogP) is 1.81. The first-order valence-electron chi connectivity index (χ1n) is 11.7. The van der Waals surface area contributed by atoms with E-state index in [1.807, 2.05) is 17.0 Å². The van der Waals surface area contributed by atoms with Crippen molar-refractivity contribution in [2.75, 3.05) is 46.5 Å². The zero-order valence-corrected chi connectivity index (χ0v) is 18.8. The molecule has 0 aromatic heterocycles. The number of likely N-dealkylation sites (tertiary alicyclic amines) is 2. The molecule has 3 fully saturated rings. The molecule has 7 nitrogen and oxygen atoms in total. The Hall–Kier alpha value is -2.03. The van der Waals surface area contributed by atoms with Gasteiger partial charge in [0.15, 0.2) is 0 Å². The van der Waals surface area contributed by atoms with Crippen molar-refractivity contribution in [3.63, 3.8) is 0 Å². The summed E-state index contributed by atoms with van der Waals surface area (Å²) in [5, 5.41) is 2.88. The monoisotopic (exact) mass is 447 g/mol. The Morgan fingerprint density at radius 2 is 1.94 bits per heavy atom. The van der Waals surface area contributed by atoms with Crippen LogP contribution in [0.4, 0.5) is 4.39 Å². The highest BCUT2D eigenvalue weighted by Gasteiger charge is 2.51. The van der Waals surface area contributed by atoms with Crippen LogP contribution in [0.2, 0.25) is 0 Å². The second kappa shape index (κ2) is 10.7. The first-order valence-corrected chi connectivity index (χ1v) is 11.7. The highest BCUT2D eigenvalue weighted by atomic mass is 19.1. The van der Waals surface area contributed by atoms with Gasteiger partial charge in [-0.05, 0) is 36.5 Å². The quantitative estimate of drug-likeness (QED) is 0.585. The zero-order chi connectivity index (χ0) is 22.5. The van der Waals surface area contributed by atoms with Crippen molar-refractivity contribution >= 4 is 11.8 Å². The van der Waals surface area contributed by atoms with Crippen LogP contribution in [-0.2, 0) is 25.6 Å². The number of carbonyl (C=O) groups excluding carboxylic acids is 2. The molecule has 8 heteroatoms. The molecule has 32 heavy (non-hydrogen) atoms. The van der Waals surface area contributed by atoms with Crippen molar-refractivity contribution in [2.24, 2.45) is 11.8 Å². The number of hydrogen-bond acceptors (Lipinski definition) is 5. The van der Waals surface area contributed by atoms with E-state index in [0.29, 0.717) is 39.1 Å². The van der Waals surface area contributed by atoms with E-state index in [0.717, 1.165) is 38.0 Å². The smallest absolute Gasteiger partial charge is 0.222 e. The number of nitrogens with zero attached hydrogens (tertiary/aromatic N) is 2. The van der Waals surface area contributed by atoms with E-state index in [1.54, 1.807) is 7.11 Å². The number of rotatable bonds is 9. The van der Waals surface area contributed by atoms with Crippen molar-refractivity contribution in [1.29, 1.82) is 0 Å². The molecule has 4 rings (SSSR count). The van der Waals surface area contributed by atoms with Crippen molar-refractivity contribution < 1.29 is 23.5 Å². The van der Waals surface area contributed by atoms with Crippen LogP contribution in [0, 0.1) is 17.7 Å². The molecule has 3 aliphatic rings. The van der Waals surface area contributed by atoms with Crippen LogP contribution in [0.25, 0.3) is 0 Å². The largest absolute Gasteiger partial charge is 0.383 e. The van der Waals surface area contributed by atoms with E-state index in [2.05, 4.69) is 10.2 Å². The minimum atomic E-state index is -0.245. The summed E-state index contributed by atoms with van der Waals surface area (Å²) in [5.74, 6) is 0.202. The molecule has 0 unspecified atom stereocenters. The Kier molecular flexibility index (Phi) is 7.75. The van der Waals surface area contributed by atoms with Gasteiger partial charge in [0.05, 0.1) is 25.7 Å². The number of carbonyl (C=O) groups is 2. The molecular formula is C24H34FN3O4. The van der Waals surface area contributed by atoms with Gasteiger partial charge in [0.1, 0.15) is 5.82 Å². The molecule has 1 aromatic rings. The lowest BCUT2D eigenvalue weighted by Crippen LogP contribution is -2.37. The molecule has 0 bridgehead atoms. The summed E-state index contributed by atoms with van der Waals surface area (Å²) < 4.78 is 24.4. The molecule has 3 aliphatic heterocycles. The molecule has 0 radical (unpaired) electrons. The Morgan fingerprint density at radius 3 is 2.66 bits per heavy atom. The van der Waals surface area contributed by atoms with Gasteiger partial charge in [-0.15, -0.1) is 0 Å². The first kappa shape index (κ1) is 23.1. The predicted molar refractivity (Wildman–Crippen MR) is 117 cm³/mol. The van der Waals surface area contributed by atoms with Crippen molar-refractivity contribution in [3.05, 3.63) is 35.6 Å². The van der Waals surface area contributed by atoms with Crippen molar-refractivity contribution in [2.45, 2.75) is 44.4 Å². The molecule has 0 saturated carbocycles. The standard InChI is InChI=1S/C24H34FN3O4/c1-31-11-8-26-22(29)13-21-24-18(12-23(30)27-9-2-3-10-27)15-28(20(24)16-32-21)14-17-4-6-19(25)7-5-17/h4-7,18,20-21,24H,2-3,8-16H2,1H3,(H,26,29)/t18-,20-,21+,24-/m1/s1. The topological polar surface area (TPSA) is 71.1 Å². The van der Waals surface area contributed by atoms with Gasteiger partial charge in [-0.2, -0.15) is 0 Å². The minimum Gasteiger partial charge on any atom is -0.383 e. The van der Waals surface area contributed by atoms with Gasteiger partial charge in [0.2, 0.25) is 11.8 Å². The van der Waals surface area contributed by atoms with E-state index in [9.17, 15) is 14.0 Å². The van der Waals surface area contributed by atoms with Gasteiger partial charge >= 0.3 is 0 Å². The molecule has 3 heterocycles. The molecule has 1 aromatic carbocycles. The molecular weight excluding hydrogens is 413 g/mol. The van der Waals surface area contributed by atoms with E-state index in [-0.39, 0.29) is 41.6 Å². The first-order chi connectivity index (χ1) is 15.5. The third-order valence-corrected chi connectivity index (χ3v) is 7.05. The molecule has 176 valence electrons. The van der Waals surface area contributed by atoms with E-state index in [4.69, 9.17) is 9.47 Å². The van der Waals surface area contributed by atoms with Crippen LogP contribution >= 0.6 is 0 Å². The highest BCUT2D eigenvalue weighted by Crippen LogP contribution is 2.42. The van der Waals surface area contributed by atoms with Crippen LogP contribution in [0.1, 0.15) is 31.2 Å². The Bertz CT molecular complexity index is 784. The summed E-state index contributed by atoms with van der Waals surface area (Å²) in [6.07, 6.45) is 2.74. The maximum atomic E-state index is 13.3. The van der Waals surface area contributed by atoms with Crippen LogP contribution in [-0.4, -0.2) is 80.3 Å². The van der Waals surface area contributed by atoms with E-state index < -0.39 is 0 Å². The number of ether oxygens (including phenoxy) is 2. The molecule has 2 amide bonds. The summed E-state index contributed by atoms with van der Waals surface area (Å²) in [6.45, 7) is 4.67. The molecule has 1 N–H and O–H groups in total. The second-order valence-corrected chi connectivity index (χ2v) is 9.17. The molecule has 0 spiro atoms. The van der Waals surface area contributed by atoms with Gasteiger partial charge in [0, 0.05) is 58.2 Å². The SMILES string of the molecule is COCCNC(=O)C[C@@H]1OC[C@@H]2[C@H]1[C@H](CC(=O)N1CCCC1)CN2Cc1ccc(F)cc1. The third kappa shape index (κ3) is 5.47. The highest BCUT2D eigenvalue weighted by molar-refractivity contribution is 5.77. The Morgan fingerprint density at radius 1 is 1.19 bits per heavy atom. The lowest BCUT2D eigenvalue weighted by molar-refractivity contribution is -0.131. The number of methoxy groups -OCH3 is 1. The lowest BCUT2D eigenvalue weighted by Gasteiger charge is -2.24. The van der Waals surface area contributed by atoms with Gasteiger partial charge < -0.3 is 19.7 Å². The van der Waals surface area contributed by atoms with Crippen molar-refractivity contribution in [1.82, 2.24) is 15.1 Å². The average Bonchev–Trinajstić information content (AvgIpc) is 3.50. The summed E-state index contributed by atoms with van der Waals surface area (Å²) in [7, 11) is 1.60. The average molecular weight is 448 g/mol.